The minimum absolute atomic E-state index is 0.203. The van der Waals surface area contributed by atoms with Gasteiger partial charge in [0.2, 0.25) is 0 Å². The van der Waals surface area contributed by atoms with Gasteiger partial charge in [-0.3, -0.25) is 4.79 Å². The number of hydrogen-bond acceptors (Lipinski definition) is 3. The van der Waals surface area contributed by atoms with Crippen LogP contribution >= 0.6 is 11.8 Å². The lowest BCUT2D eigenvalue weighted by molar-refractivity contribution is -0.462. The van der Waals surface area contributed by atoms with Crippen LogP contribution in [-0.2, 0) is 15.3 Å². The smallest absolute Gasteiger partial charge is 0.325 e. The van der Waals surface area contributed by atoms with Gasteiger partial charge >= 0.3 is 5.97 Å². The fraction of sp³-hybridized carbons (Fsp3) is 0.462. The molecule has 1 aromatic rings. The predicted molar refractivity (Wildman–Crippen MR) is 70.5 cm³/mol. The van der Waals surface area contributed by atoms with E-state index in [0.29, 0.717) is 0 Å². The number of rotatable bonds is 5. The van der Waals surface area contributed by atoms with Crippen LogP contribution in [0.4, 0.5) is 0 Å². The molecule has 0 saturated carbocycles. The van der Waals surface area contributed by atoms with Crippen molar-refractivity contribution in [3.05, 3.63) is 35.9 Å². The number of thioether (sulfide) groups is 1. The second-order valence-electron chi connectivity index (χ2n) is 4.69. The Morgan fingerprint density at radius 3 is 2.47 bits per heavy atom. The van der Waals surface area contributed by atoms with Gasteiger partial charge in [0.05, 0.1) is 7.11 Å². The van der Waals surface area contributed by atoms with Crippen LogP contribution in [0.1, 0.15) is 19.4 Å². The summed E-state index contributed by atoms with van der Waals surface area (Å²) < 4.78 is 4.83. The van der Waals surface area contributed by atoms with Gasteiger partial charge in [0.15, 0.2) is 5.25 Å². The highest BCUT2D eigenvalue weighted by molar-refractivity contribution is 7.99. The molecular weight excluding hydrogens is 234 g/mol. The second-order valence-corrected chi connectivity index (χ2v) is 5.78. The summed E-state index contributed by atoms with van der Waals surface area (Å²) in [5.74, 6) is 0.588. The first-order valence-electron chi connectivity index (χ1n) is 5.54. The third-order valence-electron chi connectivity index (χ3n) is 2.38. The molecule has 1 unspecified atom stereocenters. The summed E-state index contributed by atoms with van der Waals surface area (Å²) in [6.45, 7) is 3.90. The molecule has 0 bridgehead atoms. The average molecular weight is 254 g/mol. The standard InChI is InChI=1S/C13H19NO2S/c1-13(2,14)11(12(15)16-3)17-9-10-7-5-4-6-8-10/h4-8,11H,9,14H2,1-3H3/p+1. The van der Waals surface area contributed by atoms with Gasteiger partial charge in [0.1, 0.15) is 5.54 Å². The number of ether oxygens (including phenoxy) is 1. The summed E-state index contributed by atoms with van der Waals surface area (Å²) >= 11 is 1.58. The second kappa shape index (κ2) is 6.07. The largest absolute Gasteiger partial charge is 0.468 e. The van der Waals surface area contributed by atoms with Crippen molar-refractivity contribution in [2.45, 2.75) is 30.4 Å². The van der Waals surface area contributed by atoms with Gasteiger partial charge in [0.25, 0.3) is 0 Å². The topological polar surface area (TPSA) is 53.9 Å². The number of carbonyl (C=O) groups excluding carboxylic acids is 1. The highest BCUT2D eigenvalue weighted by Gasteiger charge is 2.36. The maximum absolute atomic E-state index is 11.7. The number of quaternary nitrogens is 1. The molecule has 3 nitrogen and oxygen atoms in total. The number of esters is 1. The zero-order chi connectivity index (χ0) is 12.9. The lowest BCUT2D eigenvalue weighted by Gasteiger charge is -2.24. The van der Waals surface area contributed by atoms with Gasteiger partial charge < -0.3 is 10.5 Å². The summed E-state index contributed by atoms with van der Waals surface area (Å²) in [6, 6.07) is 10.1. The molecule has 0 radical (unpaired) electrons. The molecule has 1 atom stereocenters. The van der Waals surface area contributed by atoms with Crippen molar-refractivity contribution >= 4 is 17.7 Å². The van der Waals surface area contributed by atoms with E-state index in [2.05, 4.69) is 17.9 Å². The molecule has 1 aromatic carbocycles. The van der Waals surface area contributed by atoms with Crippen molar-refractivity contribution in [3.63, 3.8) is 0 Å². The quantitative estimate of drug-likeness (QED) is 0.810. The number of benzene rings is 1. The number of hydrogen-bond donors (Lipinski definition) is 1. The fourth-order valence-electron chi connectivity index (χ4n) is 1.47. The molecule has 0 fully saturated rings. The normalized spacial score (nSPS) is 13.2. The van der Waals surface area contributed by atoms with Crippen molar-refractivity contribution in [3.8, 4) is 0 Å². The third-order valence-corrected chi connectivity index (χ3v) is 4.05. The van der Waals surface area contributed by atoms with Crippen LogP contribution < -0.4 is 5.73 Å². The van der Waals surface area contributed by atoms with E-state index in [4.69, 9.17) is 4.74 Å². The Bertz CT molecular complexity index is 359. The number of carbonyl (C=O) groups is 1. The van der Waals surface area contributed by atoms with Crippen LogP contribution in [0.2, 0.25) is 0 Å². The van der Waals surface area contributed by atoms with Crippen molar-refractivity contribution in [1.29, 1.82) is 0 Å². The molecule has 0 aliphatic heterocycles. The average Bonchev–Trinajstić information content (AvgIpc) is 2.28. The van der Waals surface area contributed by atoms with Crippen LogP contribution in [0, 0.1) is 0 Å². The first-order valence-corrected chi connectivity index (χ1v) is 6.58. The Kier molecular flexibility index (Phi) is 5.02. The van der Waals surface area contributed by atoms with Crippen LogP contribution in [0.3, 0.4) is 0 Å². The SMILES string of the molecule is COC(=O)C(SCc1ccccc1)C(C)(C)[NH3+]. The van der Waals surface area contributed by atoms with E-state index in [1.807, 2.05) is 32.0 Å². The molecule has 0 aliphatic carbocycles. The van der Waals surface area contributed by atoms with E-state index in [1.165, 1.54) is 12.7 Å². The van der Waals surface area contributed by atoms with Gasteiger partial charge in [-0.1, -0.05) is 30.3 Å². The third kappa shape index (κ3) is 4.40. The van der Waals surface area contributed by atoms with Gasteiger partial charge in [-0.25, -0.2) is 0 Å². The Hall–Kier alpha value is -1.00. The molecule has 0 heterocycles. The minimum atomic E-state index is -0.341. The van der Waals surface area contributed by atoms with E-state index >= 15 is 0 Å². The highest BCUT2D eigenvalue weighted by Crippen LogP contribution is 2.25. The van der Waals surface area contributed by atoms with Crippen molar-refractivity contribution < 1.29 is 15.3 Å². The van der Waals surface area contributed by atoms with Gasteiger partial charge in [-0.15, -0.1) is 11.8 Å². The van der Waals surface area contributed by atoms with E-state index in [9.17, 15) is 4.79 Å². The van der Waals surface area contributed by atoms with Crippen LogP contribution in [-0.4, -0.2) is 23.9 Å². The maximum Gasteiger partial charge on any atom is 0.325 e. The van der Waals surface area contributed by atoms with Gasteiger partial charge in [-0.2, -0.15) is 0 Å². The van der Waals surface area contributed by atoms with E-state index < -0.39 is 0 Å². The summed E-state index contributed by atoms with van der Waals surface area (Å²) in [6.07, 6.45) is 0. The Morgan fingerprint density at radius 2 is 2.00 bits per heavy atom. The van der Waals surface area contributed by atoms with E-state index in [-0.39, 0.29) is 16.8 Å². The lowest BCUT2D eigenvalue weighted by atomic mass is 10.0. The summed E-state index contributed by atoms with van der Waals surface area (Å²) in [4.78, 5) is 11.7. The molecule has 1 rings (SSSR count). The summed E-state index contributed by atoms with van der Waals surface area (Å²) in [5, 5.41) is -0.243. The molecule has 4 heteroatoms. The molecule has 3 N–H and O–H groups in total. The van der Waals surface area contributed by atoms with E-state index in [1.54, 1.807) is 11.8 Å². The Morgan fingerprint density at radius 1 is 1.41 bits per heavy atom. The summed E-state index contributed by atoms with van der Waals surface area (Å²) in [5.41, 5.74) is 4.89. The zero-order valence-corrected chi connectivity index (χ0v) is 11.4. The highest BCUT2D eigenvalue weighted by atomic mass is 32.2. The van der Waals surface area contributed by atoms with Crippen molar-refractivity contribution in [2.75, 3.05) is 7.11 Å². The Labute approximate surface area is 107 Å². The van der Waals surface area contributed by atoms with Crippen LogP contribution in [0.15, 0.2) is 30.3 Å². The van der Waals surface area contributed by atoms with Gasteiger partial charge in [0, 0.05) is 5.75 Å². The minimum Gasteiger partial charge on any atom is -0.468 e. The molecule has 94 valence electrons. The fourth-order valence-corrected chi connectivity index (χ4v) is 2.71. The zero-order valence-electron chi connectivity index (χ0n) is 10.6. The first-order chi connectivity index (χ1) is 7.95. The summed E-state index contributed by atoms with van der Waals surface area (Å²) in [7, 11) is 1.42. The molecule has 17 heavy (non-hydrogen) atoms. The van der Waals surface area contributed by atoms with Crippen LogP contribution in [0.25, 0.3) is 0 Å². The lowest BCUT2D eigenvalue weighted by Crippen LogP contribution is -2.75. The monoisotopic (exact) mass is 254 g/mol. The Balaban J connectivity index is 2.65. The molecule has 0 aliphatic rings. The molecule has 0 spiro atoms. The molecular formula is C13H20NO2S+. The molecule has 0 saturated heterocycles. The van der Waals surface area contributed by atoms with Crippen molar-refractivity contribution in [2.24, 2.45) is 0 Å². The maximum atomic E-state index is 11.7. The van der Waals surface area contributed by atoms with E-state index in [0.717, 1.165) is 5.75 Å². The van der Waals surface area contributed by atoms with Crippen LogP contribution in [0.5, 0.6) is 0 Å². The first kappa shape index (κ1) is 14.1. The van der Waals surface area contributed by atoms with Crippen molar-refractivity contribution in [1.82, 2.24) is 0 Å². The van der Waals surface area contributed by atoms with Gasteiger partial charge in [-0.05, 0) is 19.4 Å². The molecule has 0 amide bonds. The number of methoxy groups -OCH3 is 1. The predicted octanol–water partition coefficient (Wildman–Crippen LogP) is 1.48. The molecule has 0 aromatic heterocycles.